The third-order valence-corrected chi connectivity index (χ3v) is 5.33. The zero-order valence-electron chi connectivity index (χ0n) is 18.0. The minimum absolute atomic E-state index is 0.0131. The minimum atomic E-state index is -0.638. The maximum absolute atomic E-state index is 13.4. The van der Waals surface area contributed by atoms with Crippen LogP contribution in [0.5, 0.6) is 0 Å². The molecule has 0 aliphatic rings. The van der Waals surface area contributed by atoms with Gasteiger partial charge in [-0.15, -0.1) is 0 Å². The van der Waals surface area contributed by atoms with Crippen LogP contribution in [0.4, 0.5) is 4.79 Å². The summed E-state index contributed by atoms with van der Waals surface area (Å²) >= 11 is 0. The van der Waals surface area contributed by atoms with Gasteiger partial charge in [-0.25, -0.2) is 4.79 Å². The second-order valence-corrected chi connectivity index (χ2v) is 7.63. The molecule has 1 amide bonds. The highest BCUT2D eigenvalue weighted by atomic mass is 16.5. The Morgan fingerprint density at radius 2 is 1.39 bits per heavy atom. The molecular formula is C24H39NO3. The second-order valence-electron chi connectivity index (χ2n) is 7.63. The van der Waals surface area contributed by atoms with Gasteiger partial charge in [-0.1, -0.05) is 102 Å². The monoisotopic (exact) mass is 389 g/mol. The Labute approximate surface area is 171 Å². The van der Waals surface area contributed by atoms with Gasteiger partial charge >= 0.3 is 6.09 Å². The number of alkyl carbamates (subject to hydrolysis) is 1. The summed E-state index contributed by atoms with van der Waals surface area (Å²) in [4.78, 5) is 25.3. The van der Waals surface area contributed by atoms with Gasteiger partial charge in [0.25, 0.3) is 0 Å². The topological polar surface area (TPSA) is 55.4 Å². The molecular weight excluding hydrogens is 350 g/mol. The van der Waals surface area contributed by atoms with E-state index in [0.29, 0.717) is 0 Å². The Hall–Kier alpha value is -1.84. The van der Waals surface area contributed by atoms with Crippen LogP contribution in [0.3, 0.4) is 0 Å². The number of carbonyl (C=O) groups is 2. The Kier molecular flexibility index (Phi) is 13.1. The molecule has 158 valence electrons. The van der Waals surface area contributed by atoms with Gasteiger partial charge in [-0.2, -0.15) is 0 Å². The number of benzene rings is 1. The number of hydrogen-bond donors (Lipinski definition) is 1. The Morgan fingerprint density at radius 3 is 1.93 bits per heavy atom. The highest BCUT2D eigenvalue weighted by molar-refractivity contribution is 5.90. The SMILES string of the molecule is CCCCCCCC(CCCCCC)C(=O)[C@H](NC(=O)OC)c1ccccc1. The first kappa shape index (κ1) is 24.2. The largest absolute Gasteiger partial charge is 0.453 e. The van der Waals surface area contributed by atoms with Crippen LogP contribution in [0, 0.1) is 5.92 Å². The van der Waals surface area contributed by atoms with E-state index in [4.69, 9.17) is 4.74 Å². The molecule has 1 aromatic rings. The van der Waals surface area contributed by atoms with Crippen LogP contribution in [-0.2, 0) is 9.53 Å². The predicted molar refractivity (Wildman–Crippen MR) is 115 cm³/mol. The molecule has 1 rings (SSSR count). The lowest BCUT2D eigenvalue weighted by Gasteiger charge is -2.23. The third kappa shape index (κ3) is 9.38. The van der Waals surface area contributed by atoms with Gasteiger partial charge in [0, 0.05) is 5.92 Å². The van der Waals surface area contributed by atoms with Gasteiger partial charge in [-0.3, -0.25) is 4.79 Å². The highest BCUT2D eigenvalue weighted by Gasteiger charge is 2.29. The third-order valence-electron chi connectivity index (χ3n) is 5.33. The van der Waals surface area contributed by atoms with Crippen molar-refractivity contribution in [2.45, 2.75) is 90.5 Å². The summed E-state index contributed by atoms with van der Waals surface area (Å²) in [5, 5.41) is 2.76. The van der Waals surface area contributed by atoms with E-state index in [-0.39, 0.29) is 11.7 Å². The molecule has 1 unspecified atom stereocenters. The molecule has 1 N–H and O–H groups in total. The predicted octanol–water partition coefficient (Wildman–Crippen LogP) is 6.60. The maximum atomic E-state index is 13.4. The van der Waals surface area contributed by atoms with Crippen LogP contribution in [0.1, 0.15) is 96.1 Å². The number of ether oxygens (including phenoxy) is 1. The Balaban J connectivity index is 2.84. The first-order valence-corrected chi connectivity index (χ1v) is 11.1. The van der Waals surface area contributed by atoms with E-state index in [1.807, 2.05) is 30.3 Å². The van der Waals surface area contributed by atoms with Crippen LogP contribution in [0.15, 0.2) is 30.3 Å². The van der Waals surface area contributed by atoms with E-state index in [9.17, 15) is 9.59 Å². The van der Waals surface area contributed by atoms with Crippen molar-refractivity contribution in [2.24, 2.45) is 5.92 Å². The van der Waals surface area contributed by atoms with Crippen LogP contribution in [-0.4, -0.2) is 19.0 Å². The van der Waals surface area contributed by atoms with Gasteiger partial charge in [-0.05, 0) is 18.4 Å². The average molecular weight is 390 g/mol. The summed E-state index contributed by atoms with van der Waals surface area (Å²) in [6, 6.07) is 8.87. The highest BCUT2D eigenvalue weighted by Crippen LogP contribution is 2.26. The van der Waals surface area contributed by atoms with Crippen molar-refractivity contribution in [3.8, 4) is 0 Å². The number of nitrogens with one attached hydrogen (secondary N) is 1. The van der Waals surface area contributed by atoms with E-state index in [1.54, 1.807) is 0 Å². The fraction of sp³-hybridized carbons (Fsp3) is 0.667. The number of methoxy groups -OCH3 is 1. The van der Waals surface area contributed by atoms with Crippen molar-refractivity contribution in [1.82, 2.24) is 5.32 Å². The van der Waals surface area contributed by atoms with Gasteiger partial charge in [0.15, 0.2) is 5.78 Å². The molecule has 2 atom stereocenters. The molecule has 4 nitrogen and oxygen atoms in total. The van der Waals surface area contributed by atoms with Gasteiger partial charge in [0.1, 0.15) is 6.04 Å². The van der Waals surface area contributed by atoms with Crippen LogP contribution in [0.2, 0.25) is 0 Å². The molecule has 28 heavy (non-hydrogen) atoms. The summed E-state index contributed by atoms with van der Waals surface area (Å²) in [6.07, 6.45) is 11.8. The molecule has 0 saturated heterocycles. The van der Waals surface area contributed by atoms with Crippen LogP contribution in [0.25, 0.3) is 0 Å². The number of rotatable bonds is 15. The summed E-state index contributed by atoms with van der Waals surface area (Å²) in [5.74, 6) is 0.101. The molecule has 4 heteroatoms. The van der Waals surface area contributed by atoms with Crippen molar-refractivity contribution in [3.05, 3.63) is 35.9 Å². The zero-order valence-corrected chi connectivity index (χ0v) is 18.0. The van der Waals surface area contributed by atoms with Crippen molar-refractivity contribution in [2.75, 3.05) is 7.11 Å². The Bertz CT molecular complexity index is 544. The number of unbranched alkanes of at least 4 members (excludes halogenated alkanes) is 7. The second kappa shape index (κ2) is 15.1. The van der Waals surface area contributed by atoms with E-state index in [2.05, 4.69) is 19.2 Å². The molecule has 0 spiro atoms. The molecule has 1 aromatic carbocycles. The van der Waals surface area contributed by atoms with E-state index in [0.717, 1.165) is 37.7 Å². The molecule has 0 saturated carbocycles. The quantitative estimate of drug-likeness (QED) is 0.344. The van der Waals surface area contributed by atoms with Crippen molar-refractivity contribution in [3.63, 3.8) is 0 Å². The van der Waals surface area contributed by atoms with Crippen molar-refractivity contribution in [1.29, 1.82) is 0 Å². The molecule has 0 aliphatic carbocycles. The summed E-state index contributed by atoms with van der Waals surface area (Å²) in [7, 11) is 1.33. The Morgan fingerprint density at radius 1 is 0.857 bits per heavy atom. The number of Topliss-reactive ketones (excluding diaryl/α,β-unsaturated/α-hetero) is 1. The summed E-state index contributed by atoms with van der Waals surface area (Å²) < 4.78 is 4.77. The smallest absolute Gasteiger partial charge is 0.407 e. The van der Waals surface area contributed by atoms with Gasteiger partial charge in [0.05, 0.1) is 7.11 Å². The molecule has 0 radical (unpaired) electrons. The van der Waals surface area contributed by atoms with E-state index >= 15 is 0 Å². The first-order chi connectivity index (χ1) is 13.6. The average Bonchev–Trinajstić information content (AvgIpc) is 2.73. The number of amides is 1. The normalized spacial score (nSPS) is 13.0. The summed E-state index contributed by atoms with van der Waals surface area (Å²) in [5.41, 5.74) is 0.822. The minimum Gasteiger partial charge on any atom is -0.453 e. The fourth-order valence-electron chi connectivity index (χ4n) is 3.62. The number of hydrogen-bond acceptors (Lipinski definition) is 3. The lowest BCUT2D eigenvalue weighted by molar-refractivity contribution is -0.125. The lowest BCUT2D eigenvalue weighted by Crippen LogP contribution is -2.37. The first-order valence-electron chi connectivity index (χ1n) is 11.1. The number of ketones is 1. The molecule has 0 fully saturated rings. The zero-order chi connectivity index (χ0) is 20.6. The summed E-state index contributed by atoms with van der Waals surface area (Å²) in [6.45, 7) is 4.41. The molecule has 0 aliphatic heterocycles. The van der Waals surface area contributed by atoms with E-state index < -0.39 is 12.1 Å². The van der Waals surface area contributed by atoms with Crippen LogP contribution < -0.4 is 5.32 Å². The van der Waals surface area contributed by atoms with Gasteiger partial charge < -0.3 is 10.1 Å². The van der Waals surface area contributed by atoms with Crippen LogP contribution >= 0.6 is 0 Å². The molecule has 0 heterocycles. The number of carbonyl (C=O) groups excluding carboxylic acids is 2. The maximum Gasteiger partial charge on any atom is 0.407 e. The standard InChI is InChI=1S/C24H39NO3/c1-4-6-8-10-13-19-21(18-12-9-7-5-2)23(26)22(25-24(27)28-3)20-16-14-11-15-17-20/h11,14-17,21-22H,4-10,12-13,18-19H2,1-3H3,(H,25,27)/t21?,22-/m1/s1. The van der Waals surface area contributed by atoms with E-state index in [1.165, 1.54) is 45.6 Å². The van der Waals surface area contributed by atoms with Crippen molar-refractivity contribution < 1.29 is 14.3 Å². The molecule has 0 bridgehead atoms. The fourth-order valence-corrected chi connectivity index (χ4v) is 3.62. The van der Waals surface area contributed by atoms with Gasteiger partial charge in [0.2, 0.25) is 0 Å². The lowest BCUT2D eigenvalue weighted by atomic mass is 9.85. The molecule has 0 aromatic heterocycles. The van der Waals surface area contributed by atoms with Crippen molar-refractivity contribution >= 4 is 11.9 Å².